The lowest BCUT2D eigenvalue weighted by Gasteiger charge is -2.39. The minimum absolute atomic E-state index is 0.0963. The van der Waals surface area contributed by atoms with Crippen LogP contribution in [0.4, 0.5) is 4.79 Å². The van der Waals surface area contributed by atoms with Crippen molar-refractivity contribution in [1.29, 1.82) is 0 Å². The molecule has 1 saturated heterocycles. The highest BCUT2D eigenvalue weighted by Crippen LogP contribution is 2.46. The van der Waals surface area contributed by atoms with Gasteiger partial charge in [0.2, 0.25) is 0 Å². The molecule has 1 saturated carbocycles. The standard InChI is InChI=1S/C17H27N5O/c23-16(21-12-8-17(9-13-21)6-1-2-7-17)18-10-5-15-20-19-14-4-3-11-22(14)15/h1-13H2,(H,18,23). The molecule has 0 bridgehead atoms. The number of hydrogen-bond donors (Lipinski definition) is 1. The number of carbonyl (C=O) groups is 1. The van der Waals surface area contributed by atoms with Crippen LogP contribution >= 0.6 is 0 Å². The topological polar surface area (TPSA) is 63.1 Å². The van der Waals surface area contributed by atoms with E-state index in [1.165, 1.54) is 44.9 Å². The van der Waals surface area contributed by atoms with Gasteiger partial charge in [0.15, 0.2) is 0 Å². The van der Waals surface area contributed by atoms with Gasteiger partial charge in [-0.2, -0.15) is 0 Å². The van der Waals surface area contributed by atoms with E-state index in [2.05, 4.69) is 20.1 Å². The Morgan fingerprint density at radius 3 is 2.61 bits per heavy atom. The molecule has 23 heavy (non-hydrogen) atoms. The molecule has 0 unspecified atom stereocenters. The second kappa shape index (κ2) is 6.13. The number of likely N-dealkylation sites (tertiary alicyclic amines) is 1. The van der Waals surface area contributed by atoms with E-state index in [1.807, 2.05) is 4.90 Å². The average molecular weight is 317 g/mol. The van der Waals surface area contributed by atoms with Crippen LogP contribution in [-0.2, 0) is 19.4 Å². The van der Waals surface area contributed by atoms with Crippen LogP contribution in [0.1, 0.15) is 56.6 Å². The Bertz CT molecular complexity index is 566. The molecule has 1 aromatic rings. The molecule has 0 aromatic carbocycles. The van der Waals surface area contributed by atoms with E-state index < -0.39 is 0 Å². The average Bonchev–Trinajstić information content (AvgIpc) is 3.27. The van der Waals surface area contributed by atoms with Gasteiger partial charge in [-0.05, 0) is 37.5 Å². The Morgan fingerprint density at radius 1 is 1.04 bits per heavy atom. The Balaban J connectivity index is 1.23. The number of hydrogen-bond acceptors (Lipinski definition) is 3. The first-order valence-electron chi connectivity index (χ1n) is 9.20. The first-order chi connectivity index (χ1) is 11.3. The van der Waals surface area contributed by atoms with Crippen molar-refractivity contribution in [2.24, 2.45) is 5.41 Å². The van der Waals surface area contributed by atoms with Gasteiger partial charge in [0, 0.05) is 39.0 Å². The van der Waals surface area contributed by atoms with Crippen LogP contribution in [-0.4, -0.2) is 45.3 Å². The summed E-state index contributed by atoms with van der Waals surface area (Å²) >= 11 is 0. The lowest BCUT2D eigenvalue weighted by molar-refractivity contribution is 0.121. The van der Waals surface area contributed by atoms with Gasteiger partial charge in [0.25, 0.3) is 0 Å². The highest BCUT2D eigenvalue weighted by molar-refractivity contribution is 5.74. The second-order valence-corrected chi connectivity index (χ2v) is 7.46. The fraction of sp³-hybridized carbons (Fsp3) is 0.824. The van der Waals surface area contributed by atoms with Crippen molar-refractivity contribution in [3.63, 3.8) is 0 Å². The maximum absolute atomic E-state index is 12.3. The number of fused-ring (bicyclic) bond motifs is 1. The third kappa shape index (κ3) is 2.95. The molecule has 3 aliphatic rings. The SMILES string of the molecule is O=C(NCCc1nnc2n1CCC2)N1CCC2(CCCC2)CC1. The van der Waals surface area contributed by atoms with Gasteiger partial charge in [-0.3, -0.25) is 0 Å². The van der Waals surface area contributed by atoms with Crippen molar-refractivity contribution in [3.05, 3.63) is 11.6 Å². The number of piperidine rings is 1. The van der Waals surface area contributed by atoms with Crippen molar-refractivity contribution in [1.82, 2.24) is 25.0 Å². The van der Waals surface area contributed by atoms with Gasteiger partial charge < -0.3 is 14.8 Å². The molecular formula is C17H27N5O. The van der Waals surface area contributed by atoms with Gasteiger partial charge in [-0.1, -0.05) is 12.8 Å². The molecular weight excluding hydrogens is 290 g/mol. The summed E-state index contributed by atoms with van der Waals surface area (Å²) in [6, 6.07) is 0.0963. The molecule has 6 heteroatoms. The number of nitrogens with one attached hydrogen (secondary N) is 1. The third-order valence-electron chi connectivity index (χ3n) is 6.09. The molecule has 1 spiro atoms. The molecule has 0 radical (unpaired) electrons. The lowest BCUT2D eigenvalue weighted by atomic mass is 9.77. The van der Waals surface area contributed by atoms with E-state index in [0.717, 1.165) is 44.1 Å². The van der Waals surface area contributed by atoms with Crippen LogP contribution in [0.15, 0.2) is 0 Å². The van der Waals surface area contributed by atoms with Crippen molar-refractivity contribution >= 4 is 6.03 Å². The Hall–Kier alpha value is -1.59. The number of carbonyl (C=O) groups excluding carboxylic acids is 1. The Labute approximate surface area is 137 Å². The van der Waals surface area contributed by atoms with Crippen LogP contribution in [0.3, 0.4) is 0 Å². The van der Waals surface area contributed by atoms with E-state index in [-0.39, 0.29) is 6.03 Å². The van der Waals surface area contributed by atoms with E-state index >= 15 is 0 Å². The van der Waals surface area contributed by atoms with E-state index in [1.54, 1.807) is 0 Å². The summed E-state index contributed by atoms with van der Waals surface area (Å²) in [5.41, 5.74) is 0.568. The summed E-state index contributed by atoms with van der Waals surface area (Å²) in [6.45, 7) is 3.52. The maximum Gasteiger partial charge on any atom is 0.317 e. The summed E-state index contributed by atoms with van der Waals surface area (Å²) in [7, 11) is 0. The summed E-state index contributed by atoms with van der Waals surface area (Å²) in [4.78, 5) is 14.3. The molecule has 0 atom stereocenters. The highest BCUT2D eigenvalue weighted by Gasteiger charge is 2.37. The molecule has 6 nitrogen and oxygen atoms in total. The predicted octanol–water partition coefficient (Wildman–Crippen LogP) is 2.13. The van der Waals surface area contributed by atoms with Gasteiger partial charge >= 0.3 is 6.03 Å². The Morgan fingerprint density at radius 2 is 1.83 bits per heavy atom. The van der Waals surface area contributed by atoms with Gasteiger partial charge in [-0.15, -0.1) is 10.2 Å². The molecule has 3 heterocycles. The van der Waals surface area contributed by atoms with Crippen molar-refractivity contribution in [2.45, 2.75) is 64.3 Å². The van der Waals surface area contributed by atoms with Gasteiger partial charge in [0.05, 0.1) is 0 Å². The number of urea groups is 1. The molecule has 2 aliphatic heterocycles. The van der Waals surface area contributed by atoms with Gasteiger partial charge in [-0.25, -0.2) is 4.79 Å². The molecule has 2 amide bonds. The summed E-state index contributed by atoms with van der Waals surface area (Å²) in [5, 5.41) is 11.5. The molecule has 1 aliphatic carbocycles. The van der Waals surface area contributed by atoms with Gasteiger partial charge in [0.1, 0.15) is 11.6 Å². The number of amides is 2. The zero-order valence-electron chi connectivity index (χ0n) is 13.9. The zero-order valence-corrected chi connectivity index (χ0v) is 13.9. The van der Waals surface area contributed by atoms with Crippen molar-refractivity contribution in [2.75, 3.05) is 19.6 Å². The second-order valence-electron chi connectivity index (χ2n) is 7.46. The smallest absolute Gasteiger partial charge is 0.317 e. The number of rotatable bonds is 3. The monoisotopic (exact) mass is 317 g/mol. The fourth-order valence-corrected chi connectivity index (χ4v) is 4.60. The molecule has 1 N–H and O–H groups in total. The number of aryl methyl sites for hydroxylation is 1. The van der Waals surface area contributed by atoms with E-state index in [0.29, 0.717) is 12.0 Å². The highest BCUT2D eigenvalue weighted by atomic mass is 16.2. The minimum atomic E-state index is 0.0963. The summed E-state index contributed by atoms with van der Waals surface area (Å²) in [5.74, 6) is 2.12. The largest absolute Gasteiger partial charge is 0.338 e. The van der Waals surface area contributed by atoms with Crippen LogP contribution in [0, 0.1) is 5.41 Å². The van der Waals surface area contributed by atoms with Crippen LogP contribution < -0.4 is 5.32 Å². The van der Waals surface area contributed by atoms with Crippen LogP contribution in [0.25, 0.3) is 0 Å². The molecule has 126 valence electrons. The maximum atomic E-state index is 12.3. The van der Waals surface area contributed by atoms with E-state index in [9.17, 15) is 4.79 Å². The van der Waals surface area contributed by atoms with E-state index in [4.69, 9.17) is 0 Å². The summed E-state index contributed by atoms with van der Waals surface area (Å²) < 4.78 is 2.21. The molecule has 1 aromatic heterocycles. The third-order valence-corrected chi connectivity index (χ3v) is 6.09. The quantitative estimate of drug-likeness (QED) is 0.929. The minimum Gasteiger partial charge on any atom is -0.338 e. The molecule has 2 fully saturated rings. The number of aromatic nitrogens is 3. The zero-order chi connectivity index (χ0) is 15.7. The fourth-order valence-electron chi connectivity index (χ4n) is 4.60. The Kier molecular flexibility index (Phi) is 3.99. The molecule has 4 rings (SSSR count). The van der Waals surface area contributed by atoms with Crippen molar-refractivity contribution in [3.8, 4) is 0 Å². The first kappa shape index (κ1) is 15.0. The number of nitrogens with zero attached hydrogens (tertiary/aromatic N) is 4. The predicted molar refractivity (Wildman–Crippen MR) is 87.2 cm³/mol. The normalized spacial score (nSPS) is 22.5. The van der Waals surface area contributed by atoms with Crippen molar-refractivity contribution < 1.29 is 4.79 Å². The van der Waals surface area contributed by atoms with Crippen LogP contribution in [0.5, 0.6) is 0 Å². The van der Waals surface area contributed by atoms with Crippen LogP contribution in [0.2, 0.25) is 0 Å². The first-order valence-corrected chi connectivity index (χ1v) is 9.20. The lowest BCUT2D eigenvalue weighted by Crippen LogP contribution is -2.47. The summed E-state index contributed by atoms with van der Waals surface area (Å²) in [6.07, 6.45) is 10.9.